The molecule has 2 N–H and O–H groups in total. The van der Waals surface area contributed by atoms with Crippen LogP contribution in [-0.2, 0) is 25.7 Å². The van der Waals surface area contributed by atoms with Gasteiger partial charge < -0.3 is 5.73 Å². The molecular weight excluding hydrogens is 382 g/mol. The Bertz CT molecular complexity index is 982. The van der Waals surface area contributed by atoms with Crippen molar-refractivity contribution in [2.45, 2.75) is 65.7 Å². The molecule has 30 heavy (non-hydrogen) atoms. The van der Waals surface area contributed by atoms with E-state index in [1.807, 2.05) is 11.8 Å². The number of thioether (sulfide) groups is 1. The van der Waals surface area contributed by atoms with Gasteiger partial charge in [-0.3, -0.25) is 0 Å². The number of nitrogens with two attached hydrogens (primary N) is 1. The maximum Gasteiger partial charge on any atom is 0.0154 e. The highest BCUT2D eigenvalue weighted by Gasteiger charge is 2.18. The summed E-state index contributed by atoms with van der Waals surface area (Å²) < 4.78 is 0. The number of rotatable bonds is 5. The molecule has 0 spiro atoms. The molecule has 0 fully saturated rings. The lowest BCUT2D eigenvalue weighted by atomic mass is 9.90. The summed E-state index contributed by atoms with van der Waals surface area (Å²) in [6.45, 7) is 7.53. The second-order valence-electron chi connectivity index (χ2n) is 9.09. The Hall–Kier alpha value is -1.77. The van der Waals surface area contributed by atoms with Crippen molar-refractivity contribution in [1.82, 2.24) is 0 Å². The minimum Gasteiger partial charge on any atom is -0.330 e. The molecule has 1 heterocycles. The Morgan fingerprint density at radius 2 is 1.67 bits per heavy atom. The van der Waals surface area contributed by atoms with Crippen molar-refractivity contribution in [2.24, 2.45) is 11.7 Å². The van der Waals surface area contributed by atoms with E-state index < -0.39 is 0 Å². The summed E-state index contributed by atoms with van der Waals surface area (Å²) in [6, 6.07) is 11.9. The molecule has 2 heteroatoms. The summed E-state index contributed by atoms with van der Waals surface area (Å²) in [5, 5.41) is 2.41. The largest absolute Gasteiger partial charge is 0.330 e. The second kappa shape index (κ2) is 9.58. The fourth-order valence-corrected chi connectivity index (χ4v) is 5.94. The zero-order chi connectivity index (χ0) is 21.1. The summed E-state index contributed by atoms with van der Waals surface area (Å²) in [5.74, 6) is 0.475. The van der Waals surface area contributed by atoms with Crippen LogP contribution in [0.2, 0.25) is 0 Å². The predicted octanol–water partition coefficient (Wildman–Crippen LogP) is 6.92. The summed E-state index contributed by atoms with van der Waals surface area (Å²) in [7, 11) is 0. The van der Waals surface area contributed by atoms with Crippen LogP contribution in [0.1, 0.15) is 65.1 Å². The molecule has 1 unspecified atom stereocenters. The zero-order valence-corrected chi connectivity index (χ0v) is 19.6. The van der Waals surface area contributed by atoms with Crippen LogP contribution in [0, 0.1) is 19.8 Å². The third kappa shape index (κ3) is 4.76. The van der Waals surface area contributed by atoms with E-state index in [-0.39, 0.29) is 0 Å². The van der Waals surface area contributed by atoms with Crippen molar-refractivity contribution in [3.8, 4) is 0 Å². The van der Waals surface area contributed by atoms with Gasteiger partial charge in [-0.25, -0.2) is 0 Å². The third-order valence-electron chi connectivity index (χ3n) is 6.81. The van der Waals surface area contributed by atoms with Crippen LogP contribution in [0.15, 0.2) is 47.4 Å². The van der Waals surface area contributed by atoms with E-state index in [0.717, 1.165) is 12.8 Å². The second-order valence-corrected chi connectivity index (χ2v) is 10.0. The molecule has 1 aliphatic carbocycles. The molecule has 0 saturated heterocycles. The average molecular weight is 418 g/mol. The van der Waals surface area contributed by atoms with Gasteiger partial charge in [0.25, 0.3) is 0 Å². The lowest BCUT2D eigenvalue weighted by molar-refractivity contribution is 0.711. The molecule has 1 atom stereocenters. The Morgan fingerprint density at radius 3 is 2.43 bits per heavy atom. The fourth-order valence-electron chi connectivity index (χ4n) is 4.82. The number of hydrogen-bond acceptors (Lipinski definition) is 2. The molecule has 0 radical (unpaired) electrons. The van der Waals surface area contributed by atoms with Gasteiger partial charge in [-0.2, -0.15) is 0 Å². The van der Waals surface area contributed by atoms with Crippen molar-refractivity contribution < 1.29 is 0 Å². The van der Waals surface area contributed by atoms with E-state index in [2.05, 4.69) is 62.6 Å². The minimum atomic E-state index is 0.475. The standard InChI is InChI=1S/C28H35NS/c1-19-14-26(20(2)13-23(19)11-12-29)17-27-18-30-28(15-21(27)3)25-10-9-22-7-5-4-6-8-24(22)16-25/h9-10,13-16,18,21H,4-8,11-12,17,29H2,1-3H3. The van der Waals surface area contributed by atoms with Crippen molar-refractivity contribution in [3.05, 3.63) is 86.3 Å². The van der Waals surface area contributed by atoms with Crippen LogP contribution >= 0.6 is 11.8 Å². The number of fused-ring (bicyclic) bond motifs is 1. The van der Waals surface area contributed by atoms with Crippen molar-refractivity contribution in [1.29, 1.82) is 0 Å². The summed E-state index contributed by atoms with van der Waals surface area (Å²) in [5.41, 5.74) is 17.5. The highest BCUT2D eigenvalue weighted by Crippen LogP contribution is 2.39. The van der Waals surface area contributed by atoms with Crippen LogP contribution in [0.5, 0.6) is 0 Å². The van der Waals surface area contributed by atoms with Gasteiger partial charge in [-0.05, 0) is 109 Å². The average Bonchev–Trinajstić information content (AvgIpc) is 2.98. The highest BCUT2D eigenvalue weighted by atomic mass is 32.2. The monoisotopic (exact) mass is 417 g/mol. The highest BCUT2D eigenvalue weighted by molar-refractivity contribution is 8.11. The van der Waals surface area contributed by atoms with E-state index in [1.165, 1.54) is 70.4 Å². The Labute approximate surface area is 186 Å². The number of benzene rings is 2. The Balaban J connectivity index is 1.50. The molecule has 1 nitrogen and oxygen atoms in total. The van der Waals surface area contributed by atoms with Crippen LogP contribution in [0.25, 0.3) is 4.91 Å². The maximum absolute atomic E-state index is 5.77. The lowest BCUT2D eigenvalue weighted by Crippen LogP contribution is -2.08. The quantitative estimate of drug-likeness (QED) is 0.534. The molecular formula is C28H35NS. The first-order valence-electron chi connectivity index (χ1n) is 11.5. The third-order valence-corrected chi connectivity index (χ3v) is 7.86. The molecule has 158 valence electrons. The first kappa shape index (κ1) is 21.5. The van der Waals surface area contributed by atoms with Crippen LogP contribution in [0.3, 0.4) is 0 Å². The van der Waals surface area contributed by atoms with Crippen LogP contribution < -0.4 is 5.73 Å². The van der Waals surface area contributed by atoms with E-state index in [0.29, 0.717) is 12.5 Å². The van der Waals surface area contributed by atoms with Gasteiger partial charge in [0.2, 0.25) is 0 Å². The lowest BCUT2D eigenvalue weighted by Gasteiger charge is -2.22. The van der Waals surface area contributed by atoms with Crippen LogP contribution in [-0.4, -0.2) is 6.54 Å². The van der Waals surface area contributed by atoms with Gasteiger partial charge in [0.05, 0.1) is 0 Å². The smallest absolute Gasteiger partial charge is 0.0154 e. The zero-order valence-electron chi connectivity index (χ0n) is 18.8. The molecule has 1 aliphatic heterocycles. The molecule has 0 amide bonds. The van der Waals surface area contributed by atoms with Crippen LogP contribution in [0.4, 0.5) is 0 Å². The van der Waals surface area contributed by atoms with E-state index in [1.54, 1.807) is 11.1 Å². The van der Waals surface area contributed by atoms with Gasteiger partial charge in [-0.1, -0.05) is 67.1 Å². The topological polar surface area (TPSA) is 26.0 Å². The summed E-state index contributed by atoms with van der Waals surface area (Å²) in [4.78, 5) is 1.42. The molecule has 4 rings (SSSR count). The van der Waals surface area contributed by atoms with E-state index in [4.69, 9.17) is 5.73 Å². The summed E-state index contributed by atoms with van der Waals surface area (Å²) in [6.07, 6.45) is 11.0. The van der Waals surface area contributed by atoms with Gasteiger partial charge in [0, 0.05) is 4.91 Å². The van der Waals surface area contributed by atoms with Gasteiger partial charge in [-0.15, -0.1) is 0 Å². The van der Waals surface area contributed by atoms with Crippen molar-refractivity contribution in [2.75, 3.05) is 6.54 Å². The fraction of sp³-hybridized carbons (Fsp3) is 0.429. The number of allylic oxidation sites excluding steroid dienone is 2. The SMILES string of the molecule is Cc1cc(CC2=CSC(c3ccc4c(c3)CCCCC4)=CC2C)c(C)cc1CCN. The molecule has 2 aromatic rings. The van der Waals surface area contributed by atoms with Gasteiger partial charge >= 0.3 is 0 Å². The minimum absolute atomic E-state index is 0.475. The normalized spacial score (nSPS) is 19.0. The molecule has 2 aliphatic rings. The first-order chi connectivity index (χ1) is 14.5. The Morgan fingerprint density at radius 1 is 0.933 bits per heavy atom. The van der Waals surface area contributed by atoms with Crippen molar-refractivity contribution in [3.63, 3.8) is 0 Å². The first-order valence-corrected chi connectivity index (χ1v) is 12.4. The maximum atomic E-state index is 5.77. The number of aryl methyl sites for hydroxylation is 4. The van der Waals surface area contributed by atoms with Crippen molar-refractivity contribution >= 4 is 16.7 Å². The molecule has 2 aromatic carbocycles. The summed E-state index contributed by atoms with van der Waals surface area (Å²) >= 11 is 1.91. The predicted molar refractivity (Wildman–Crippen MR) is 133 cm³/mol. The van der Waals surface area contributed by atoms with Gasteiger partial charge in [0.15, 0.2) is 0 Å². The number of hydrogen-bond donors (Lipinski definition) is 1. The molecule has 0 bridgehead atoms. The molecule has 0 saturated carbocycles. The Kier molecular flexibility index (Phi) is 6.85. The van der Waals surface area contributed by atoms with Gasteiger partial charge in [0.1, 0.15) is 0 Å². The molecule has 0 aromatic heterocycles. The van der Waals surface area contributed by atoms with E-state index in [9.17, 15) is 0 Å². The van der Waals surface area contributed by atoms with E-state index >= 15 is 0 Å².